The first-order chi connectivity index (χ1) is 9.06. The molecule has 0 saturated heterocycles. The lowest BCUT2D eigenvalue weighted by molar-refractivity contribution is 0.0696. The fourth-order valence-corrected chi connectivity index (χ4v) is 1.72. The zero-order chi connectivity index (χ0) is 13.8. The summed E-state index contributed by atoms with van der Waals surface area (Å²) in [6.07, 6.45) is 0. The van der Waals surface area contributed by atoms with Crippen LogP contribution in [0.25, 0.3) is 0 Å². The predicted octanol–water partition coefficient (Wildman–Crippen LogP) is 3.76. The maximum Gasteiger partial charge on any atom is 0.335 e. The summed E-state index contributed by atoms with van der Waals surface area (Å²) in [7, 11) is 0. The van der Waals surface area contributed by atoms with Crippen LogP contribution in [0.3, 0.4) is 0 Å². The maximum atomic E-state index is 13.0. The van der Waals surface area contributed by atoms with Crippen molar-refractivity contribution in [3.8, 4) is 5.75 Å². The zero-order valence-corrected chi connectivity index (χ0v) is 10.5. The molecule has 2 aromatic rings. The van der Waals surface area contributed by atoms with Crippen molar-refractivity contribution < 1.29 is 19.0 Å². The topological polar surface area (TPSA) is 46.5 Å². The van der Waals surface area contributed by atoms with Crippen molar-refractivity contribution in [3.63, 3.8) is 0 Å². The third kappa shape index (κ3) is 3.45. The van der Waals surface area contributed by atoms with E-state index in [0.717, 1.165) is 0 Å². The van der Waals surface area contributed by atoms with Gasteiger partial charge in [0.05, 0.1) is 10.6 Å². The number of aromatic carboxylic acids is 1. The highest BCUT2D eigenvalue weighted by molar-refractivity contribution is 6.30. The number of carboxylic acids is 1. The number of ether oxygens (including phenoxy) is 1. The van der Waals surface area contributed by atoms with Gasteiger partial charge >= 0.3 is 5.97 Å². The van der Waals surface area contributed by atoms with Gasteiger partial charge in [-0.05, 0) is 35.9 Å². The van der Waals surface area contributed by atoms with Crippen LogP contribution in [0, 0.1) is 5.82 Å². The number of carboxylic acid groups (broad SMARTS) is 1. The van der Waals surface area contributed by atoms with Crippen molar-refractivity contribution in [2.24, 2.45) is 0 Å². The van der Waals surface area contributed by atoms with Crippen LogP contribution in [0.1, 0.15) is 15.9 Å². The fourth-order valence-electron chi connectivity index (χ4n) is 1.51. The molecule has 5 heteroatoms. The van der Waals surface area contributed by atoms with Gasteiger partial charge in [0, 0.05) is 0 Å². The quantitative estimate of drug-likeness (QED) is 0.927. The number of hydrogen-bond donors (Lipinski definition) is 1. The van der Waals surface area contributed by atoms with Crippen molar-refractivity contribution in [1.29, 1.82) is 0 Å². The summed E-state index contributed by atoms with van der Waals surface area (Å²) in [4.78, 5) is 10.8. The Balaban J connectivity index is 2.07. The second kappa shape index (κ2) is 5.71. The Labute approximate surface area is 114 Å². The molecule has 0 heterocycles. The molecular formula is C14H10ClFO3. The van der Waals surface area contributed by atoms with Gasteiger partial charge in [-0.2, -0.15) is 0 Å². The van der Waals surface area contributed by atoms with E-state index in [-0.39, 0.29) is 17.2 Å². The molecule has 0 unspecified atom stereocenters. The SMILES string of the molecule is O=C(O)c1cccc(OCc2ccc(F)c(Cl)c2)c1. The molecule has 2 rings (SSSR count). The molecule has 3 nitrogen and oxygen atoms in total. The maximum absolute atomic E-state index is 13.0. The van der Waals surface area contributed by atoms with E-state index in [0.29, 0.717) is 11.3 Å². The van der Waals surface area contributed by atoms with Gasteiger partial charge in [0.1, 0.15) is 18.2 Å². The van der Waals surface area contributed by atoms with E-state index >= 15 is 0 Å². The molecule has 0 aliphatic carbocycles. The Bertz CT molecular complexity index is 613. The Morgan fingerprint density at radius 3 is 2.74 bits per heavy atom. The summed E-state index contributed by atoms with van der Waals surface area (Å²) >= 11 is 5.65. The van der Waals surface area contributed by atoms with Crippen LogP contribution in [0.4, 0.5) is 4.39 Å². The highest BCUT2D eigenvalue weighted by Gasteiger charge is 2.05. The zero-order valence-electron chi connectivity index (χ0n) is 9.77. The summed E-state index contributed by atoms with van der Waals surface area (Å²) < 4.78 is 18.4. The number of hydrogen-bond acceptors (Lipinski definition) is 2. The molecule has 0 fully saturated rings. The van der Waals surface area contributed by atoms with E-state index in [2.05, 4.69) is 0 Å². The Hall–Kier alpha value is -2.07. The fraction of sp³-hybridized carbons (Fsp3) is 0.0714. The standard InChI is InChI=1S/C14H10ClFO3/c15-12-6-9(4-5-13(12)16)8-19-11-3-1-2-10(7-11)14(17)18/h1-7H,8H2,(H,17,18). The summed E-state index contributed by atoms with van der Waals surface area (Å²) in [5.74, 6) is -1.08. The molecule has 0 aromatic heterocycles. The molecule has 1 N–H and O–H groups in total. The second-order valence-corrected chi connectivity index (χ2v) is 4.28. The van der Waals surface area contributed by atoms with Crippen LogP contribution in [-0.4, -0.2) is 11.1 Å². The van der Waals surface area contributed by atoms with Crippen LogP contribution >= 0.6 is 11.6 Å². The minimum atomic E-state index is -1.02. The molecule has 0 bridgehead atoms. The summed E-state index contributed by atoms with van der Waals surface area (Å²) in [6.45, 7) is 0.184. The smallest absolute Gasteiger partial charge is 0.335 e. The van der Waals surface area contributed by atoms with E-state index < -0.39 is 11.8 Å². The highest BCUT2D eigenvalue weighted by Crippen LogP contribution is 2.19. The lowest BCUT2D eigenvalue weighted by Gasteiger charge is -2.07. The van der Waals surface area contributed by atoms with E-state index in [1.54, 1.807) is 18.2 Å². The number of halogens is 2. The second-order valence-electron chi connectivity index (χ2n) is 3.87. The predicted molar refractivity (Wildman–Crippen MR) is 69.1 cm³/mol. The summed E-state index contributed by atoms with van der Waals surface area (Å²) in [6, 6.07) is 10.4. The molecule has 0 aliphatic heterocycles. The number of rotatable bonds is 4. The van der Waals surface area contributed by atoms with Crippen LogP contribution in [0.2, 0.25) is 5.02 Å². The lowest BCUT2D eigenvalue weighted by atomic mass is 10.2. The van der Waals surface area contributed by atoms with E-state index in [9.17, 15) is 9.18 Å². The third-order valence-electron chi connectivity index (χ3n) is 2.47. The van der Waals surface area contributed by atoms with Gasteiger partial charge in [-0.15, -0.1) is 0 Å². The first-order valence-corrected chi connectivity index (χ1v) is 5.84. The first kappa shape index (κ1) is 13.4. The monoisotopic (exact) mass is 280 g/mol. The van der Waals surface area contributed by atoms with Gasteiger partial charge in [0.15, 0.2) is 0 Å². The molecule has 0 spiro atoms. The van der Waals surface area contributed by atoms with Crippen LogP contribution in [0.5, 0.6) is 5.75 Å². The lowest BCUT2D eigenvalue weighted by Crippen LogP contribution is -1.99. The van der Waals surface area contributed by atoms with Crippen molar-refractivity contribution in [2.75, 3.05) is 0 Å². The highest BCUT2D eigenvalue weighted by atomic mass is 35.5. The van der Waals surface area contributed by atoms with Crippen molar-refractivity contribution >= 4 is 17.6 Å². The summed E-state index contributed by atoms with van der Waals surface area (Å²) in [5, 5.41) is 8.87. The van der Waals surface area contributed by atoms with Crippen molar-refractivity contribution in [1.82, 2.24) is 0 Å². The molecule has 0 radical (unpaired) electrons. The molecule has 0 aliphatic rings. The average Bonchev–Trinajstić information content (AvgIpc) is 2.40. The van der Waals surface area contributed by atoms with Gasteiger partial charge in [-0.1, -0.05) is 23.7 Å². The largest absolute Gasteiger partial charge is 0.489 e. The van der Waals surface area contributed by atoms with Gasteiger partial charge in [-0.3, -0.25) is 0 Å². The third-order valence-corrected chi connectivity index (χ3v) is 2.76. The molecule has 98 valence electrons. The number of carbonyl (C=O) groups is 1. The van der Waals surface area contributed by atoms with Crippen molar-refractivity contribution in [3.05, 3.63) is 64.4 Å². The molecule has 19 heavy (non-hydrogen) atoms. The van der Waals surface area contributed by atoms with E-state index in [4.69, 9.17) is 21.4 Å². The van der Waals surface area contributed by atoms with Crippen molar-refractivity contribution in [2.45, 2.75) is 6.61 Å². The Morgan fingerprint density at radius 1 is 1.26 bits per heavy atom. The Morgan fingerprint density at radius 2 is 2.05 bits per heavy atom. The average molecular weight is 281 g/mol. The van der Waals surface area contributed by atoms with Gasteiger partial charge in [-0.25, -0.2) is 9.18 Å². The summed E-state index contributed by atoms with van der Waals surface area (Å²) in [5.41, 5.74) is 0.849. The molecule has 2 aromatic carbocycles. The van der Waals surface area contributed by atoms with Gasteiger partial charge in [0.25, 0.3) is 0 Å². The number of benzene rings is 2. The Kier molecular flexibility index (Phi) is 4.02. The minimum Gasteiger partial charge on any atom is -0.489 e. The van der Waals surface area contributed by atoms with Crippen LogP contribution in [-0.2, 0) is 6.61 Å². The normalized spacial score (nSPS) is 10.2. The van der Waals surface area contributed by atoms with Gasteiger partial charge in [0.2, 0.25) is 0 Å². The first-order valence-electron chi connectivity index (χ1n) is 5.46. The molecule has 0 amide bonds. The molecule has 0 saturated carbocycles. The van der Waals surface area contributed by atoms with Crippen LogP contribution in [0.15, 0.2) is 42.5 Å². The van der Waals surface area contributed by atoms with E-state index in [1.165, 1.54) is 24.3 Å². The molecule has 0 atom stereocenters. The van der Waals surface area contributed by atoms with Crippen LogP contribution < -0.4 is 4.74 Å². The molecular weight excluding hydrogens is 271 g/mol. The minimum absolute atomic E-state index is 0.0281. The van der Waals surface area contributed by atoms with Gasteiger partial charge < -0.3 is 9.84 Å². The van der Waals surface area contributed by atoms with E-state index in [1.807, 2.05) is 0 Å².